The fourth-order valence-electron chi connectivity index (χ4n) is 0.942. The van der Waals surface area contributed by atoms with Crippen LogP contribution in [0.25, 0.3) is 0 Å². The van der Waals surface area contributed by atoms with Gasteiger partial charge in [0.1, 0.15) is 0 Å². The van der Waals surface area contributed by atoms with Gasteiger partial charge in [0.15, 0.2) is 5.43 Å². The van der Waals surface area contributed by atoms with Crippen LogP contribution in [-0.4, -0.2) is 4.98 Å². The summed E-state index contributed by atoms with van der Waals surface area (Å²) in [6.45, 7) is -0.0875. The van der Waals surface area contributed by atoms with Crippen LogP contribution in [0, 0.1) is 0 Å². The van der Waals surface area contributed by atoms with Crippen LogP contribution in [0.2, 0.25) is 0 Å². The second-order valence-corrected chi connectivity index (χ2v) is 2.24. The standard InChI is InChI=1S/C7H8F2N2O/c8-7(9)6-4(3-10)11-2-1-5(6)12/h1-2,7H,3,10H2,(H,11,12). The van der Waals surface area contributed by atoms with Crippen molar-refractivity contribution in [3.8, 4) is 0 Å². The predicted octanol–water partition coefficient (Wildman–Crippen LogP) is 0.771. The molecule has 1 aromatic heterocycles. The molecule has 12 heavy (non-hydrogen) atoms. The third kappa shape index (κ3) is 1.50. The van der Waals surface area contributed by atoms with Crippen LogP contribution in [-0.2, 0) is 6.54 Å². The summed E-state index contributed by atoms with van der Waals surface area (Å²) in [6.07, 6.45) is -1.47. The maximum Gasteiger partial charge on any atom is 0.269 e. The summed E-state index contributed by atoms with van der Waals surface area (Å²) in [4.78, 5) is 13.4. The van der Waals surface area contributed by atoms with Crippen molar-refractivity contribution in [1.82, 2.24) is 4.98 Å². The lowest BCUT2D eigenvalue weighted by Crippen LogP contribution is -2.15. The summed E-state index contributed by atoms with van der Waals surface area (Å²) < 4.78 is 24.4. The zero-order valence-electron chi connectivity index (χ0n) is 6.18. The Morgan fingerprint density at radius 2 is 2.25 bits per heavy atom. The maximum atomic E-state index is 12.2. The zero-order chi connectivity index (χ0) is 9.14. The molecule has 0 aliphatic rings. The van der Waals surface area contributed by atoms with Crippen LogP contribution < -0.4 is 11.2 Å². The SMILES string of the molecule is NCc1[nH]ccc(=O)c1C(F)F. The highest BCUT2D eigenvalue weighted by atomic mass is 19.3. The number of nitrogens with two attached hydrogens (primary N) is 1. The third-order valence-electron chi connectivity index (χ3n) is 1.51. The van der Waals surface area contributed by atoms with Gasteiger partial charge in [-0.2, -0.15) is 0 Å². The van der Waals surface area contributed by atoms with Crippen molar-refractivity contribution >= 4 is 0 Å². The molecule has 0 radical (unpaired) electrons. The van der Waals surface area contributed by atoms with Gasteiger partial charge in [-0.3, -0.25) is 4.79 Å². The Bertz CT molecular complexity index is 321. The van der Waals surface area contributed by atoms with Crippen LogP contribution in [0.1, 0.15) is 17.7 Å². The quantitative estimate of drug-likeness (QED) is 0.695. The monoisotopic (exact) mass is 174 g/mol. The average molecular weight is 174 g/mol. The van der Waals surface area contributed by atoms with Crippen LogP contribution in [0.4, 0.5) is 8.78 Å². The molecular weight excluding hydrogens is 166 g/mol. The maximum absolute atomic E-state index is 12.2. The van der Waals surface area contributed by atoms with E-state index < -0.39 is 17.4 Å². The van der Waals surface area contributed by atoms with E-state index in [2.05, 4.69) is 4.98 Å². The number of hydrogen-bond donors (Lipinski definition) is 2. The Morgan fingerprint density at radius 3 is 2.67 bits per heavy atom. The van der Waals surface area contributed by atoms with Gasteiger partial charge in [-0.25, -0.2) is 8.78 Å². The third-order valence-corrected chi connectivity index (χ3v) is 1.51. The molecule has 1 rings (SSSR count). The first kappa shape index (κ1) is 8.86. The van der Waals surface area contributed by atoms with E-state index in [0.29, 0.717) is 0 Å². The molecule has 0 amide bonds. The summed E-state index contributed by atoms with van der Waals surface area (Å²) in [5.74, 6) is 0. The highest BCUT2D eigenvalue weighted by molar-refractivity contribution is 5.20. The first-order chi connectivity index (χ1) is 5.66. The summed E-state index contributed by atoms with van der Waals surface area (Å²) in [6, 6.07) is 1.06. The molecule has 0 spiro atoms. The highest BCUT2D eigenvalue weighted by Crippen LogP contribution is 2.16. The molecule has 0 saturated carbocycles. The van der Waals surface area contributed by atoms with Crippen molar-refractivity contribution in [3.05, 3.63) is 33.7 Å². The highest BCUT2D eigenvalue weighted by Gasteiger charge is 2.15. The smallest absolute Gasteiger partial charge is 0.269 e. The number of alkyl halides is 2. The minimum Gasteiger partial charge on any atom is -0.363 e. The van der Waals surface area contributed by atoms with Gasteiger partial charge in [0, 0.05) is 24.5 Å². The number of hydrogen-bond acceptors (Lipinski definition) is 2. The van der Waals surface area contributed by atoms with E-state index in [0.717, 1.165) is 6.07 Å². The molecule has 0 fully saturated rings. The lowest BCUT2D eigenvalue weighted by atomic mass is 10.2. The summed E-state index contributed by atoms with van der Waals surface area (Å²) in [5.41, 5.74) is 4.04. The van der Waals surface area contributed by atoms with Gasteiger partial charge < -0.3 is 10.7 Å². The molecule has 3 nitrogen and oxygen atoms in total. The minimum absolute atomic E-state index is 0.0875. The molecular formula is C7H8F2N2O. The van der Waals surface area contributed by atoms with E-state index in [9.17, 15) is 13.6 Å². The van der Waals surface area contributed by atoms with E-state index >= 15 is 0 Å². The number of halogens is 2. The van der Waals surface area contributed by atoms with E-state index in [1.807, 2.05) is 0 Å². The first-order valence-corrected chi connectivity index (χ1v) is 3.35. The van der Waals surface area contributed by atoms with Crippen molar-refractivity contribution in [1.29, 1.82) is 0 Å². The van der Waals surface area contributed by atoms with Gasteiger partial charge in [0.05, 0.1) is 5.56 Å². The van der Waals surface area contributed by atoms with E-state index in [1.165, 1.54) is 6.20 Å². The Kier molecular flexibility index (Phi) is 2.54. The zero-order valence-corrected chi connectivity index (χ0v) is 6.18. The molecule has 66 valence electrons. The van der Waals surface area contributed by atoms with E-state index in [-0.39, 0.29) is 12.2 Å². The van der Waals surface area contributed by atoms with Gasteiger partial charge in [-0.15, -0.1) is 0 Å². The average Bonchev–Trinajstić information content (AvgIpc) is 2.03. The van der Waals surface area contributed by atoms with Crippen LogP contribution in [0.5, 0.6) is 0 Å². The number of pyridine rings is 1. The van der Waals surface area contributed by atoms with Crippen LogP contribution in [0.15, 0.2) is 17.1 Å². The Morgan fingerprint density at radius 1 is 1.58 bits per heavy atom. The lowest BCUT2D eigenvalue weighted by Gasteiger charge is -2.03. The number of H-pyrrole nitrogens is 1. The van der Waals surface area contributed by atoms with Crippen molar-refractivity contribution in [2.24, 2.45) is 5.73 Å². The summed E-state index contributed by atoms with van der Waals surface area (Å²) in [5, 5.41) is 0. The van der Waals surface area contributed by atoms with Crippen LogP contribution in [0.3, 0.4) is 0 Å². The van der Waals surface area contributed by atoms with E-state index in [4.69, 9.17) is 5.73 Å². The van der Waals surface area contributed by atoms with Crippen LogP contribution >= 0.6 is 0 Å². The van der Waals surface area contributed by atoms with Gasteiger partial charge in [-0.1, -0.05) is 0 Å². The number of aromatic nitrogens is 1. The topological polar surface area (TPSA) is 58.9 Å². The molecule has 0 aliphatic carbocycles. The Balaban J connectivity index is 3.30. The van der Waals surface area contributed by atoms with Gasteiger partial charge in [0.25, 0.3) is 6.43 Å². The van der Waals surface area contributed by atoms with Gasteiger partial charge in [0.2, 0.25) is 0 Å². The van der Waals surface area contributed by atoms with E-state index in [1.54, 1.807) is 0 Å². The molecule has 1 aromatic rings. The first-order valence-electron chi connectivity index (χ1n) is 3.35. The molecule has 0 saturated heterocycles. The molecule has 0 bridgehead atoms. The molecule has 3 N–H and O–H groups in total. The Hall–Kier alpha value is -1.23. The van der Waals surface area contributed by atoms with Gasteiger partial charge in [-0.05, 0) is 0 Å². The fraction of sp³-hybridized carbons (Fsp3) is 0.286. The molecule has 0 aliphatic heterocycles. The lowest BCUT2D eigenvalue weighted by molar-refractivity contribution is 0.148. The van der Waals surface area contributed by atoms with Crippen molar-refractivity contribution in [2.45, 2.75) is 13.0 Å². The fourth-order valence-corrected chi connectivity index (χ4v) is 0.942. The Labute approximate surface area is 67.2 Å². The predicted molar refractivity (Wildman–Crippen MR) is 39.9 cm³/mol. The summed E-state index contributed by atoms with van der Waals surface area (Å²) >= 11 is 0. The molecule has 0 unspecified atom stereocenters. The van der Waals surface area contributed by atoms with Gasteiger partial charge >= 0.3 is 0 Å². The second kappa shape index (κ2) is 3.44. The molecule has 1 heterocycles. The number of nitrogens with one attached hydrogen (secondary N) is 1. The van der Waals surface area contributed by atoms with Crippen molar-refractivity contribution in [3.63, 3.8) is 0 Å². The second-order valence-electron chi connectivity index (χ2n) is 2.24. The molecule has 0 atom stereocenters. The molecule has 0 aromatic carbocycles. The number of aromatic amines is 1. The largest absolute Gasteiger partial charge is 0.363 e. The summed E-state index contributed by atoms with van der Waals surface area (Å²) in [7, 11) is 0. The normalized spacial score (nSPS) is 10.7. The van der Waals surface area contributed by atoms with Crippen molar-refractivity contribution in [2.75, 3.05) is 0 Å². The minimum atomic E-state index is -2.77. The number of rotatable bonds is 2. The van der Waals surface area contributed by atoms with Crippen molar-refractivity contribution < 1.29 is 8.78 Å². The molecule has 5 heteroatoms.